The van der Waals surface area contributed by atoms with Gasteiger partial charge in [0.1, 0.15) is 0 Å². The molecule has 1 aromatic rings. The molecule has 0 bridgehead atoms. The van der Waals surface area contributed by atoms with Crippen LogP contribution in [-0.2, 0) is 11.8 Å². The van der Waals surface area contributed by atoms with Crippen LogP contribution in [0.25, 0.3) is 0 Å². The van der Waals surface area contributed by atoms with E-state index in [-0.39, 0.29) is 12.5 Å². The lowest BCUT2D eigenvalue weighted by Crippen LogP contribution is -2.28. The van der Waals surface area contributed by atoms with Gasteiger partial charge in [0.25, 0.3) is 0 Å². The second-order valence-corrected chi connectivity index (χ2v) is 3.25. The molecule has 0 unspecified atom stereocenters. The van der Waals surface area contributed by atoms with Crippen molar-refractivity contribution in [2.24, 2.45) is 7.05 Å². The fourth-order valence-electron chi connectivity index (χ4n) is 0.962. The van der Waals surface area contributed by atoms with E-state index in [2.05, 4.69) is 10.4 Å². The lowest BCUT2D eigenvalue weighted by Gasteiger charge is -2.10. The van der Waals surface area contributed by atoms with Crippen LogP contribution in [0.3, 0.4) is 0 Å². The standard InChI is InChI=1S/C8H15N5O/c1-12(2)7(14)4-10-8-6(9)5-13(3)11-8/h5H,4,9H2,1-3H3,(H,10,11). The van der Waals surface area contributed by atoms with E-state index in [1.807, 2.05) is 0 Å². The van der Waals surface area contributed by atoms with E-state index in [1.54, 1.807) is 32.0 Å². The zero-order valence-electron chi connectivity index (χ0n) is 8.61. The topological polar surface area (TPSA) is 76.2 Å². The Labute approximate surface area is 82.7 Å². The molecule has 0 atom stereocenters. The number of rotatable bonds is 3. The number of hydrogen-bond acceptors (Lipinski definition) is 4. The first-order chi connectivity index (χ1) is 6.50. The van der Waals surface area contributed by atoms with Gasteiger partial charge in [-0.2, -0.15) is 5.10 Å². The number of nitrogen functional groups attached to an aromatic ring is 1. The largest absolute Gasteiger partial charge is 0.394 e. The molecule has 0 aromatic carbocycles. The number of aryl methyl sites for hydroxylation is 1. The van der Waals surface area contributed by atoms with Crippen molar-refractivity contribution in [1.29, 1.82) is 0 Å². The quantitative estimate of drug-likeness (QED) is 0.685. The van der Waals surface area contributed by atoms with Gasteiger partial charge in [0.2, 0.25) is 5.91 Å². The monoisotopic (exact) mass is 197 g/mol. The van der Waals surface area contributed by atoms with Gasteiger partial charge in [-0.15, -0.1) is 0 Å². The van der Waals surface area contributed by atoms with Crippen LogP contribution in [-0.4, -0.2) is 41.2 Å². The van der Waals surface area contributed by atoms with Gasteiger partial charge < -0.3 is 16.0 Å². The summed E-state index contributed by atoms with van der Waals surface area (Å²) < 4.78 is 1.60. The van der Waals surface area contributed by atoms with E-state index in [9.17, 15) is 4.79 Å². The molecule has 0 aliphatic rings. The van der Waals surface area contributed by atoms with Crippen LogP contribution in [0.1, 0.15) is 0 Å². The highest BCUT2D eigenvalue weighted by atomic mass is 16.2. The fraction of sp³-hybridized carbons (Fsp3) is 0.500. The molecule has 0 aliphatic carbocycles. The molecule has 0 spiro atoms. The summed E-state index contributed by atoms with van der Waals surface area (Å²) in [6.45, 7) is 0.203. The van der Waals surface area contributed by atoms with Crippen molar-refractivity contribution in [3.63, 3.8) is 0 Å². The molecular formula is C8H15N5O. The number of likely N-dealkylation sites (N-methyl/N-ethyl adjacent to an activating group) is 1. The van der Waals surface area contributed by atoms with E-state index in [4.69, 9.17) is 5.73 Å². The molecule has 0 saturated carbocycles. The van der Waals surface area contributed by atoms with Crippen molar-refractivity contribution in [3.8, 4) is 0 Å². The van der Waals surface area contributed by atoms with Crippen LogP contribution >= 0.6 is 0 Å². The molecule has 1 rings (SSSR count). The Morgan fingerprint density at radius 1 is 1.71 bits per heavy atom. The van der Waals surface area contributed by atoms with Crippen LogP contribution in [0.2, 0.25) is 0 Å². The fourth-order valence-corrected chi connectivity index (χ4v) is 0.962. The molecule has 1 heterocycles. The van der Waals surface area contributed by atoms with E-state index >= 15 is 0 Å². The Morgan fingerprint density at radius 3 is 2.79 bits per heavy atom. The number of hydrogen-bond donors (Lipinski definition) is 2. The SMILES string of the molecule is CN(C)C(=O)CNc1nn(C)cc1N. The van der Waals surface area contributed by atoms with Crippen molar-refractivity contribution >= 4 is 17.4 Å². The third-order valence-electron chi connectivity index (χ3n) is 1.76. The number of anilines is 2. The van der Waals surface area contributed by atoms with Gasteiger partial charge in [-0.25, -0.2) is 0 Å². The molecule has 1 amide bonds. The van der Waals surface area contributed by atoms with E-state index in [1.165, 1.54) is 4.90 Å². The average Bonchev–Trinajstić information content (AvgIpc) is 2.40. The van der Waals surface area contributed by atoms with Crippen molar-refractivity contribution < 1.29 is 4.79 Å². The first-order valence-electron chi connectivity index (χ1n) is 4.24. The number of nitrogens with zero attached hydrogens (tertiary/aromatic N) is 3. The predicted octanol–water partition coefficient (Wildman–Crippen LogP) is -0.498. The number of nitrogens with one attached hydrogen (secondary N) is 1. The Balaban J connectivity index is 2.54. The highest BCUT2D eigenvalue weighted by Crippen LogP contribution is 2.13. The van der Waals surface area contributed by atoms with Gasteiger partial charge >= 0.3 is 0 Å². The van der Waals surface area contributed by atoms with Crippen LogP contribution in [0, 0.1) is 0 Å². The van der Waals surface area contributed by atoms with E-state index in [0.29, 0.717) is 11.5 Å². The summed E-state index contributed by atoms with van der Waals surface area (Å²) in [5.41, 5.74) is 6.17. The van der Waals surface area contributed by atoms with E-state index in [0.717, 1.165) is 0 Å². The van der Waals surface area contributed by atoms with Crippen molar-refractivity contribution in [2.45, 2.75) is 0 Å². The normalized spacial score (nSPS) is 9.93. The second-order valence-electron chi connectivity index (χ2n) is 3.25. The van der Waals surface area contributed by atoms with Crippen molar-refractivity contribution in [2.75, 3.05) is 31.7 Å². The number of amides is 1. The van der Waals surface area contributed by atoms with Gasteiger partial charge in [0, 0.05) is 27.3 Å². The van der Waals surface area contributed by atoms with Gasteiger partial charge in [-0.3, -0.25) is 9.48 Å². The first kappa shape index (κ1) is 10.4. The minimum absolute atomic E-state index is 0.0185. The van der Waals surface area contributed by atoms with Crippen LogP contribution in [0.4, 0.5) is 11.5 Å². The van der Waals surface area contributed by atoms with Crippen LogP contribution in [0.5, 0.6) is 0 Å². The predicted molar refractivity (Wildman–Crippen MR) is 54.8 cm³/mol. The highest BCUT2D eigenvalue weighted by molar-refractivity contribution is 5.81. The number of carbonyl (C=O) groups is 1. The second kappa shape index (κ2) is 3.99. The Kier molecular flexibility index (Phi) is 2.95. The van der Waals surface area contributed by atoms with Crippen molar-refractivity contribution in [3.05, 3.63) is 6.20 Å². The third kappa shape index (κ3) is 2.38. The molecule has 14 heavy (non-hydrogen) atoms. The molecule has 6 heteroatoms. The lowest BCUT2D eigenvalue weighted by atomic mass is 10.5. The maximum Gasteiger partial charge on any atom is 0.241 e. The Bertz CT molecular complexity index is 330. The summed E-state index contributed by atoms with van der Waals surface area (Å²) >= 11 is 0. The number of aromatic nitrogens is 2. The molecule has 0 fully saturated rings. The number of nitrogens with two attached hydrogens (primary N) is 1. The lowest BCUT2D eigenvalue weighted by molar-refractivity contribution is -0.126. The molecule has 0 saturated heterocycles. The molecular weight excluding hydrogens is 182 g/mol. The minimum atomic E-state index is -0.0185. The Hall–Kier alpha value is -1.72. The summed E-state index contributed by atoms with van der Waals surface area (Å²) in [5, 5.41) is 6.92. The summed E-state index contributed by atoms with van der Waals surface area (Å²) in [6.07, 6.45) is 1.68. The Morgan fingerprint density at radius 2 is 2.36 bits per heavy atom. The summed E-state index contributed by atoms with van der Waals surface area (Å²) in [5.74, 6) is 0.526. The zero-order valence-corrected chi connectivity index (χ0v) is 8.61. The molecule has 1 aromatic heterocycles. The minimum Gasteiger partial charge on any atom is -0.394 e. The third-order valence-corrected chi connectivity index (χ3v) is 1.76. The van der Waals surface area contributed by atoms with Crippen molar-refractivity contribution in [1.82, 2.24) is 14.7 Å². The zero-order chi connectivity index (χ0) is 10.7. The number of carbonyl (C=O) groups excluding carboxylic acids is 1. The van der Waals surface area contributed by atoms with Gasteiger partial charge in [0.05, 0.1) is 12.2 Å². The first-order valence-corrected chi connectivity index (χ1v) is 4.24. The average molecular weight is 197 g/mol. The molecule has 0 radical (unpaired) electrons. The van der Waals surface area contributed by atoms with Gasteiger partial charge in [0.15, 0.2) is 5.82 Å². The van der Waals surface area contributed by atoms with Gasteiger partial charge in [-0.1, -0.05) is 0 Å². The summed E-state index contributed by atoms with van der Waals surface area (Å²) in [6, 6.07) is 0. The maximum atomic E-state index is 11.2. The van der Waals surface area contributed by atoms with Crippen LogP contribution in [0.15, 0.2) is 6.20 Å². The highest BCUT2D eigenvalue weighted by Gasteiger charge is 2.07. The summed E-state index contributed by atoms with van der Waals surface area (Å²) in [4.78, 5) is 12.7. The maximum absolute atomic E-state index is 11.2. The summed E-state index contributed by atoms with van der Waals surface area (Å²) in [7, 11) is 5.17. The van der Waals surface area contributed by atoms with E-state index < -0.39 is 0 Å². The van der Waals surface area contributed by atoms with Crippen LogP contribution < -0.4 is 11.1 Å². The van der Waals surface area contributed by atoms with Gasteiger partial charge in [-0.05, 0) is 0 Å². The molecule has 0 aliphatic heterocycles. The smallest absolute Gasteiger partial charge is 0.241 e. The molecule has 78 valence electrons. The molecule has 6 nitrogen and oxygen atoms in total. The molecule has 3 N–H and O–H groups in total.